The molecule has 0 radical (unpaired) electrons. The number of nitrogens with zero attached hydrogens (tertiary/aromatic N) is 1. The van der Waals surface area contributed by atoms with Crippen LogP contribution in [-0.4, -0.2) is 22.8 Å². The van der Waals surface area contributed by atoms with Gasteiger partial charge >= 0.3 is 0 Å². The maximum Gasteiger partial charge on any atom is 0.121 e. The van der Waals surface area contributed by atoms with Gasteiger partial charge in [-0.05, 0) is 32.6 Å². The zero-order chi connectivity index (χ0) is 10.7. The highest BCUT2D eigenvalue weighted by Crippen LogP contribution is 2.25. The topological polar surface area (TPSA) is 42.4 Å². The Bertz CT molecular complexity index is 307. The van der Waals surface area contributed by atoms with Gasteiger partial charge in [0, 0.05) is 17.7 Å². The third kappa shape index (κ3) is 3.00. The Kier molecular flexibility index (Phi) is 3.72. The molecule has 1 saturated heterocycles. The van der Waals surface area contributed by atoms with Crippen molar-refractivity contribution < 1.29 is 9.84 Å². The molecule has 1 N–H and O–H groups in total. The number of aliphatic hydroxyl groups is 1. The zero-order valence-corrected chi connectivity index (χ0v) is 9.80. The van der Waals surface area contributed by atoms with Crippen LogP contribution < -0.4 is 0 Å². The number of hydrogen-bond acceptors (Lipinski definition) is 4. The van der Waals surface area contributed by atoms with Crippen molar-refractivity contribution in [3.63, 3.8) is 0 Å². The molecular weight excluding hydrogens is 210 g/mol. The largest absolute Gasteiger partial charge is 0.386 e. The Hall–Kier alpha value is -0.450. The number of aryl methyl sites for hydroxylation is 1. The van der Waals surface area contributed by atoms with Gasteiger partial charge in [-0.2, -0.15) is 0 Å². The van der Waals surface area contributed by atoms with Crippen molar-refractivity contribution in [1.82, 2.24) is 4.98 Å². The van der Waals surface area contributed by atoms with E-state index in [0.29, 0.717) is 6.10 Å². The molecule has 1 aliphatic rings. The molecule has 1 aliphatic heterocycles. The summed E-state index contributed by atoms with van der Waals surface area (Å²) in [5, 5.41) is 12.7. The van der Waals surface area contributed by atoms with Gasteiger partial charge in [0.25, 0.3) is 0 Å². The average Bonchev–Trinajstić information content (AvgIpc) is 2.84. The van der Waals surface area contributed by atoms with Crippen LogP contribution >= 0.6 is 11.3 Å². The first kappa shape index (κ1) is 11.0. The minimum Gasteiger partial charge on any atom is -0.386 e. The van der Waals surface area contributed by atoms with Gasteiger partial charge in [-0.3, -0.25) is 0 Å². The molecule has 4 heteroatoms. The molecule has 3 nitrogen and oxygen atoms in total. The van der Waals surface area contributed by atoms with Crippen LogP contribution in [0.4, 0.5) is 0 Å². The summed E-state index contributed by atoms with van der Waals surface area (Å²) < 4.78 is 5.52. The Morgan fingerprint density at radius 1 is 1.73 bits per heavy atom. The lowest BCUT2D eigenvalue weighted by Crippen LogP contribution is -2.07. The smallest absolute Gasteiger partial charge is 0.121 e. The number of aliphatic hydroxyl groups excluding tert-OH is 1. The lowest BCUT2D eigenvalue weighted by atomic mass is 10.1. The molecule has 84 valence electrons. The van der Waals surface area contributed by atoms with E-state index in [9.17, 15) is 5.11 Å². The molecule has 2 rings (SSSR count). The molecule has 2 unspecified atom stereocenters. The highest BCUT2D eigenvalue weighted by molar-refractivity contribution is 7.09. The van der Waals surface area contributed by atoms with Gasteiger partial charge in [0.15, 0.2) is 0 Å². The standard InChI is InChI=1S/C11H17NO2S/c1-8-7-15-11(12-8)10(13)5-4-9-3-2-6-14-9/h7,9-10,13H,2-6H2,1H3. The maximum atomic E-state index is 9.89. The van der Waals surface area contributed by atoms with E-state index in [1.54, 1.807) is 0 Å². The second-order valence-electron chi connectivity index (χ2n) is 4.06. The fourth-order valence-corrected chi connectivity index (χ4v) is 2.68. The molecule has 2 atom stereocenters. The Morgan fingerprint density at radius 2 is 2.60 bits per heavy atom. The quantitative estimate of drug-likeness (QED) is 0.859. The van der Waals surface area contributed by atoms with Gasteiger partial charge in [-0.25, -0.2) is 4.98 Å². The average molecular weight is 227 g/mol. The van der Waals surface area contributed by atoms with Crippen molar-refractivity contribution in [3.8, 4) is 0 Å². The van der Waals surface area contributed by atoms with Crippen LogP contribution in [0.3, 0.4) is 0 Å². The molecule has 0 amide bonds. The third-order valence-corrected chi connectivity index (χ3v) is 3.77. The lowest BCUT2D eigenvalue weighted by Gasteiger charge is -2.11. The van der Waals surface area contributed by atoms with E-state index >= 15 is 0 Å². The van der Waals surface area contributed by atoms with Gasteiger partial charge in [0.05, 0.1) is 6.10 Å². The summed E-state index contributed by atoms with van der Waals surface area (Å²) in [5.41, 5.74) is 0.992. The molecule has 2 heterocycles. The van der Waals surface area contributed by atoms with E-state index < -0.39 is 6.10 Å². The van der Waals surface area contributed by atoms with Crippen LogP contribution in [-0.2, 0) is 4.74 Å². The molecule has 0 saturated carbocycles. The van der Waals surface area contributed by atoms with E-state index in [-0.39, 0.29) is 0 Å². The summed E-state index contributed by atoms with van der Waals surface area (Å²) >= 11 is 1.54. The fraction of sp³-hybridized carbons (Fsp3) is 0.727. The lowest BCUT2D eigenvalue weighted by molar-refractivity contribution is 0.0811. The summed E-state index contributed by atoms with van der Waals surface area (Å²) in [6.07, 6.45) is 3.96. The van der Waals surface area contributed by atoms with E-state index in [2.05, 4.69) is 4.98 Å². The Balaban J connectivity index is 1.79. The van der Waals surface area contributed by atoms with Crippen molar-refractivity contribution in [2.45, 2.75) is 44.8 Å². The monoisotopic (exact) mass is 227 g/mol. The van der Waals surface area contributed by atoms with Gasteiger partial charge in [-0.1, -0.05) is 0 Å². The van der Waals surface area contributed by atoms with Crippen molar-refractivity contribution in [2.75, 3.05) is 6.61 Å². The van der Waals surface area contributed by atoms with Crippen LogP contribution in [0.5, 0.6) is 0 Å². The van der Waals surface area contributed by atoms with Gasteiger partial charge in [0.2, 0.25) is 0 Å². The van der Waals surface area contributed by atoms with Crippen LogP contribution in [0.25, 0.3) is 0 Å². The van der Waals surface area contributed by atoms with Crippen molar-refractivity contribution in [1.29, 1.82) is 0 Å². The Labute approximate surface area is 94.1 Å². The van der Waals surface area contributed by atoms with E-state index in [1.165, 1.54) is 11.3 Å². The number of hydrogen-bond donors (Lipinski definition) is 1. The van der Waals surface area contributed by atoms with E-state index in [1.807, 2.05) is 12.3 Å². The van der Waals surface area contributed by atoms with E-state index in [4.69, 9.17) is 4.74 Å². The van der Waals surface area contributed by atoms with Gasteiger partial charge in [0.1, 0.15) is 11.1 Å². The summed E-state index contributed by atoms with van der Waals surface area (Å²) in [7, 11) is 0. The number of aromatic nitrogens is 1. The van der Waals surface area contributed by atoms with Crippen molar-refractivity contribution >= 4 is 11.3 Å². The minimum atomic E-state index is -0.409. The second kappa shape index (κ2) is 5.05. The SMILES string of the molecule is Cc1csc(C(O)CCC2CCCO2)n1. The number of rotatable bonds is 4. The van der Waals surface area contributed by atoms with Gasteiger partial charge < -0.3 is 9.84 Å². The Morgan fingerprint density at radius 3 is 3.20 bits per heavy atom. The highest BCUT2D eigenvalue weighted by atomic mass is 32.1. The molecule has 0 spiro atoms. The molecular formula is C11H17NO2S. The first-order valence-electron chi connectivity index (χ1n) is 5.47. The number of ether oxygens (including phenoxy) is 1. The van der Waals surface area contributed by atoms with E-state index in [0.717, 1.165) is 43.0 Å². The third-order valence-electron chi connectivity index (χ3n) is 2.71. The van der Waals surface area contributed by atoms with Crippen molar-refractivity contribution in [3.05, 3.63) is 16.1 Å². The summed E-state index contributed by atoms with van der Waals surface area (Å²) in [6.45, 7) is 2.84. The van der Waals surface area contributed by atoms with Gasteiger partial charge in [-0.15, -0.1) is 11.3 Å². The summed E-state index contributed by atoms with van der Waals surface area (Å²) in [4.78, 5) is 4.28. The molecule has 1 aromatic heterocycles. The predicted octanol–water partition coefficient (Wildman–Crippen LogP) is 2.44. The van der Waals surface area contributed by atoms with Crippen molar-refractivity contribution in [2.24, 2.45) is 0 Å². The molecule has 0 bridgehead atoms. The molecule has 0 aliphatic carbocycles. The molecule has 1 fully saturated rings. The van der Waals surface area contributed by atoms with Crippen LogP contribution in [0.15, 0.2) is 5.38 Å². The summed E-state index contributed by atoms with van der Waals surface area (Å²) in [5.74, 6) is 0. The molecule has 15 heavy (non-hydrogen) atoms. The van der Waals surface area contributed by atoms with Crippen LogP contribution in [0.2, 0.25) is 0 Å². The fourth-order valence-electron chi connectivity index (χ4n) is 1.86. The first-order chi connectivity index (χ1) is 7.25. The normalized spacial score (nSPS) is 23.2. The zero-order valence-electron chi connectivity index (χ0n) is 8.98. The predicted molar refractivity (Wildman–Crippen MR) is 60.0 cm³/mol. The first-order valence-corrected chi connectivity index (χ1v) is 6.35. The second-order valence-corrected chi connectivity index (χ2v) is 4.94. The summed E-state index contributed by atoms with van der Waals surface area (Å²) in [6, 6.07) is 0. The molecule has 1 aromatic rings. The highest BCUT2D eigenvalue weighted by Gasteiger charge is 2.18. The maximum absolute atomic E-state index is 9.89. The van der Waals surface area contributed by atoms with Crippen LogP contribution in [0.1, 0.15) is 42.5 Å². The van der Waals surface area contributed by atoms with Crippen LogP contribution in [0, 0.1) is 6.92 Å². The minimum absolute atomic E-state index is 0.362. The molecule has 0 aromatic carbocycles. The number of thiazole rings is 1.